The first-order chi connectivity index (χ1) is 12.9. The van der Waals surface area contributed by atoms with Gasteiger partial charge in [0.1, 0.15) is 5.69 Å². The highest BCUT2D eigenvalue weighted by Crippen LogP contribution is 2.20. The van der Waals surface area contributed by atoms with E-state index in [9.17, 15) is 13.2 Å². The first kappa shape index (κ1) is 20.2. The van der Waals surface area contributed by atoms with E-state index in [1.807, 2.05) is 0 Å². The van der Waals surface area contributed by atoms with Gasteiger partial charge in [-0.2, -0.15) is 4.31 Å². The molecule has 0 radical (unpaired) electrons. The number of hydrogen-bond donors (Lipinski definition) is 0. The average molecular weight is 400 g/mol. The third kappa shape index (κ3) is 5.07. The Hall–Kier alpha value is -1.49. The van der Waals surface area contributed by atoms with Crippen molar-refractivity contribution in [2.24, 2.45) is 7.05 Å². The quantitative estimate of drug-likeness (QED) is 0.648. The highest BCUT2D eigenvalue weighted by Gasteiger charge is 2.33. The predicted octanol–water partition coefficient (Wildman–Crippen LogP) is -0.381. The largest absolute Gasteiger partial charge is 0.379 e. The molecule has 10 heteroatoms. The van der Waals surface area contributed by atoms with Crippen molar-refractivity contribution in [3.05, 3.63) is 18.2 Å². The monoisotopic (exact) mass is 399 g/mol. The molecule has 1 unspecified atom stereocenters. The number of amides is 1. The van der Waals surface area contributed by atoms with Crippen LogP contribution in [0.4, 0.5) is 0 Å². The van der Waals surface area contributed by atoms with Gasteiger partial charge in [-0.15, -0.1) is 0 Å². The maximum atomic E-state index is 12.8. The van der Waals surface area contributed by atoms with Crippen molar-refractivity contribution in [1.82, 2.24) is 23.7 Å². The van der Waals surface area contributed by atoms with E-state index in [1.165, 1.54) is 6.26 Å². The average Bonchev–Trinajstić information content (AvgIpc) is 3.07. The number of piperidine rings is 1. The standard InChI is InChI=1S/C17H29N5O4S/c1-19-14-18-12-16(19)17(23)21-5-3-4-15(13-21)22(27(2,24)25)7-6-20-8-10-26-11-9-20/h12,14-15H,3-11,13H2,1-2H3. The molecule has 0 bridgehead atoms. The normalized spacial score (nSPS) is 22.3. The van der Waals surface area contributed by atoms with E-state index < -0.39 is 10.0 Å². The van der Waals surface area contributed by atoms with E-state index in [0.29, 0.717) is 45.1 Å². The van der Waals surface area contributed by atoms with Crippen LogP contribution in [0.25, 0.3) is 0 Å². The zero-order chi connectivity index (χ0) is 19.4. The van der Waals surface area contributed by atoms with Gasteiger partial charge in [0.15, 0.2) is 0 Å². The van der Waals surface area contributed by atoms with Crippen molar-refractivity contribution in [2.45, 2.75) is 18.9 Å². The molecule has 2 aliphatic heterocycles. The lowest BCUT2D eigenvalue weighted by Crippen LogP contribution is -2.53. The third-order valence-electron chi connectivity index (χ3n) is 5.29. The lowest BCUT2D eigenvalue weighted by Gasteiger charge is -2.39. The number of carbonyl (C=O) groups excluding carboxylic acids is 1. The van der Waals surface area contributed by atoms with Gasteiger partial charge in [-0.05, 0) is 12.8 Å². The second-order valence-electron chi connectivity index (χ2n) is 7.26. The minimum atomic E-state index is -3.36. The number of likely N-dealkylation sites (tertiary alicyclic amines) is 1. The number of imidazole rings is 1. The molecule has 0 aliphatic carbocycles. The van der Waals surface area contributed by atoms with Crippen molar-refractivity contribution < 1.29 is 17.9 Å². The summed E-state index contributed by atoms with van der Waals surface area (Å²) in [6.45, 7) is 5.22. The van der Waals surface area contributed by atoms with Gasteiger partial charge in [0, 0.05) is 52.4 Å². The van der Waals surface area contributed by atoms with Gasteiger partial charge in [-0.3, -0.25) is 9.69 Å². The molecule has 3 rings (SSSR count). The van der Waals surface area contributed by atoms with Crippen LogP contribution in [0.15, 0.2) is 12.5 Å². The van der Waals surface area contributed by atoms with Gasteiger partial charge in [0.25, 0.3) is 5.91 Å². The van der Waals surface area contributed by atoms with Gasteiger partial charge < -0.3 is 14.2 Å². The smallest absolute Gasteiger partial charge is 0.272 e. The molecule has 9 nitrogen and oxygen atoms in total. The van der Waals surface area contributed by atoms with E-state index in [0.717, 1.165) is 25.9 Å². The first-order valence-electron chi connectivity index (χ1n) is 9.39. The van der Waals surface area contributed by atoms with Crippen molar-refractivity contribution in [1.29, 1.82) is 0 Å². The third-order valence-corrected chi connectivity index (χ3v) is 6.63. The van der Waals surface area contributed by atoms with Crippen LogP contribution in [0.2, 0.25) is 0 Å². The highest BCUT2D eigenvalue weighted by molar-refractivity contribution is 7.88. The Morgan fingerprint density at radius 3 is 2.70 bits per heavy atom. The van der Waals surface area contributed by atoms with E-state index in [-0.39, 0.29) is 11.9 Å². The molecule has 2 saturated heterocycles. The summed E-state index contributed by atoms with van der Waals surface area (Å²) in [5.74, 6) is -0.0960. The molecular weight excluding hydrogens is 370 g/mol. The molecule has 0 N–H and O–H groups in total. The fourth-order valence-corrected chi connectivity index (χ4v) is 4.91. The summed E-state index contributed by atoms with van der Waals surface area (Å²) in [6.07, 6.45) is 5.97. The van der Waals surface area contributed by atoms with E-state index in [2.05, 4.69) is 9.88 Å². The van der Waals surface area contributed by atoms with Crippen LogP contribution in [0.1, 0.15) is 23.3 Å². The molecule has 2 fully saturated rings. The van der Waals surface area contributed by atoms with Gasteiger partial charge in [0.05, 0.1) is 32.0 Å². The number of aromatic nitrogens is 2. The lowest BCUT2D eigenvalue weighted by molar-refractivity contribution is 0.0333. The molecule has 0 spiro atoms. The minimum absolute atomic E-state index is 0.0960. The molecule has 1 aromatic rings. The summed E-state index contributed by atoms with van der Waals surface area (Å²) < 4.78 is 33.5. The summed E-state index contributed by atoms with van der Waals surface area (Å²) in [7, 11) is -1.57. The number of aryl methyl sites for hydroxylation is 1. The molecular formula is C17H29N5O4S. The van der Waals surface area contributed by atoms with Crippen LogP contribution < -0.4 is 0 Å². The topological polar surface area (TPSA) is 88.0 Å². The zero-order valence-corrected chi connectivity index (χ0v) is 16.9. The fourth-order valence-electron chi connectivity index (χ4n) is 3.78. The van der Waals surface area contributed by atoms with Crippen LogP contribution in [-0.4, -0.2) is 103 Å². The Labute approximate surface area is 160 Å². The SMILES string of the molecule is Cn1cncc1C(=O)N1CCCC(N(CCN2CCOCC2)S(C)(=O)=O)C1. The van der Waals surface area contributed by atoms with Crippen LogP contribution in [0.3, 0.4) is 0 Å². The Morgan fingerprint density at radius 2 is 2.07 bits per heavy atom. The molecule has 2 aliphatic rings. The van der Waals surface area contributed by atoms with Crippen LogP contribution >= 0.6 is 0 Å². The summed E-state index contributed by atoms with van der Waals surface area (Å²) in [4.78, 5) is 20.8. The molecule has 0 aromatic carbocycles. The number of sulfonamides is 1. The molecule has 1 atom stereocenters. The Bertz CT molecular complexity index is 744. The molecule has 152 valence electrons. The maximum Gasteiger partial charge on any atom is 0.272 e. The maximum absolute atomic E-state index is 12.8. The Kier molecular flexibility index (Phi) is 6.51. The summed E-state index contributed by atoms with van der Waals surface area (Å²) in [5.41, 5.74) is 0.523. The van der Waals surface area contributed by atoms with Gasteiger partial charge >= 0.3 is 0 Å². The number of carbonyl (C=O) groups is 1. The number of hydrogen-bond acceptors (Lipinski definition) is 6. The number of ether oxygens (including phenoxy) is 1. The number of rotatable bonds is 6. The Morgan fingerprint density at radius 1 is 1.33 bits per heavy atom. The van der Waals surface area contributed by atoms with E-state index in [4.69, 9.17) is 4.74 Å². The lowest BCUT2D eigenvalue weighted by atomic mass is 10.1. The van der Waals surface area contributed by atoms with E-state index in [1.54, 1.807) is 33.3 Å². The van der Waals surface area contributed by atoms with Crippen molar-refractivity contribution in [2.75, 3.05) is 58.7 Å². The zero-order valence-electron chi connectivity index (χ0n) is 16.1. The van der Waals surface area contributed by atoms with Crippen LogP contribution in [0.5, 0.6) is 0 Å². The van der Waals surface area contributed by atoms with Crippen molar-refractivity contribution >= 4 is 15.9 Å². The van der Waals surface area contributed by atoms with Crippen molar-refractivity contribution in [3.8, 4) is 0 Å². The molecule has 1 aromatic heterocycles. The number of nitrogens with zero attached hydrogens (tertiary/aromatic N) is 5. The molecule has 3 heterocycles. The second-order valence-corrected chi connectivity index (χ2v) is 9.20. The summed E-state index contributed by atoms with van der Waals surface area (Å²) in [5, 5.41) is 0. The molecule has 0 saturated carbocycles. The van der Waals surface area contributed by atoms with E-state index >= 15 is 0 Å². The van der Waals surface area contributed by atoms with Gasteiger partial charge in [-0.1, -0.05) is 0 Å². The molecule has 1 amide bonds. The number of morpholine rings is 1. The van der Waals surface area contributed by atoms with Crippen LogP contribution in [0, 0.1) is 0 Å². The summed E-state index contributed by atoms with van der Waals surface area (Å²) in [6, 6.07) is -0.188. The fraction of sp³-hybridized carbons (Fsp3) is 0.765. The predicted molar refractivity (Wildman–Crippen MR) is 101 cm³/mol. The van der Waals surface area contributed by atoms with Crippen LogP contribution in [-0.2, 0) is 21.8 Å². The Balaban J connectivity index is 1.66. The molecule has 27 heavy (non-hydrogen) atoms. The first-order valence-corrected chi connectivity index (χ1v) is 11.2. The minimum Gasteiger partial charge on any atom is -0.379 e. The van der Waals surface area contributed by atoms with Gasteiger partial charge in [-0.25, -0.2) is 13.4 Å². The second kappa shape index (κ2) is 8.68. The summed E-state index contributed by atoms with van der Waals surface area (Å²) >= 11 is 0. The highest BCUT2D eigenvalue weighted by atomic mass is 32.2. The van der Waals surface area contributed by atoms with Crippen molar-refractivity contribution in [3.63, 3.8) is 0 Å². The van der Waals surface area contributed by atoms with Gasteiger partial charge in [0.2, 0.25) is 10.0 Å².